The monoisotopic (exact) mass is 236 g/mol. The van der Waals surface area contributed by atoms with Crippen molar-refractivity contribution in [2.24, 2.45) is 0 Å². The van der Waals surface area contributed by atoms with Crippen LogP contribution < -0.4 is 0 Å². The van der Waals surface area contributed by atoms with E-state index in [1.165, 1.54) is 29.5 Å². The average molecular weight is 236 g/mol. The van der Waals surface area contributed by atoms with Gasteiger partial charge in [-0.3, -0.25) is 4.39 Å². The maximum Gasteiger partial charge on any atom is 0.0960 e. The third-order valence-corrected chi connectivity index (χ3v) is 3.23. The second-order valence-electron chi connectivity index (χ2n) is 4.99. The average Bonchev–Trinajstić information content (AvgIpc) is 2.35. The number of alkyl halides is 1. The van der Waals surface area contributed by atoms with E-state index in [1.54, 1.807) is 0 Å². The molecule has 0 fully saturated rings. The first-order valence-electron chi connectivity index (χ1n) is 6.89. The molecule has 0 bridgehead atoms. The molecule has 0 nitrogen and oxygen atoms in total. The lowest BCUT2D eigenvalue weighted by Crippen LogP contribution is -1.99. The van der Waals surface area contributed by atoms with Crippen LogP contribution >= 0.6 is 0 Å². The molecule has 1 aromatic carbocycles. The number of aryl methyl sites for hydroxylation is 2. The summed E-state index contributed by atoms with van der Waals surface area (Å²) < 4.78 is 12.8. The standard InChI is InChI=1S/C16H25F/c1-4-6-8-15-9-14(7-5-2)10-16(11-15)13(3)12-17/h9-11,13H,4-8,12H2,1-3H3. The third kappa shape index (κ3) is 4.49. The van der Waals surface area contributed by atoms with E-state index in [2.05, 4.69) is 32.0 Å². The minimum atomic E-state index is -0.261. The van der Waals surface area contributed by atoms with E-state index in [4.69, 9.17) is 0 Å². The molecule has 96 valence electrons. The zero-order valence-corrected chi connectivity index (χ0v) is 11.4. The summed E-state index contributed by atoms with van der Waals surface area (Å²) >= 11 is 0. The lowest BCUT2D eigenvalue weighted by atomic mass is 9.94. The Morgan fingerprint density at radius 2 is 1.65 bits per heavy atom. The van der Waals surface area contributed by atoms with Gasteiger partial charge in [-0.1, -0.05) is 51.8 Å². The molecule has 0 spiro atoms. The number of unbranched alkanes of at least 4 members (excludes halogenated alkanes) is 1. The van der Waals surface area contributed by atoms with Gasteiger partial charge in [-0.2, -0.15) is 0 Å². The van der Waals surface area contributed by atoms with Crippen molar-refractivity contribution in [1.29, 1.82) is 0 Å². The second kappa shape index (κ2) is 7.47. The number of hydrogen-bond donors (Lipinski definition) is 0. The molecule has 0 aromatic heterocycles. The first-order valence-corrected chi connectivity index (χ1v) is 6.89. The molecule has 0 aliphatic heterocycles. The SMILES string of the molecule is CCCCc1cc(CCC)cc(C(C)CF)c1. The van der Waals surface area contributed by atoms with E-state index in [-0.39, 0.29) is 12.6 Å². The molecule has 0 amide bonds. The molecule has 0 N–H and O–H groups in total. The minimum absolute atomic E-state index is 0.0344. The Labute approximate surface area is 105 Å². The molecule has 0 heterocycles. The molecule has 1 atom stereocenters. The Kier molecular flexibility index (Phi) is 6.25. The van der Waals surface area contributed by atoms with E-state index >= 15 is 0 Å². The summed E-state index contributed by atoms with van der Waals surface area (Å²) in [6, 6.07) is 6.68. The Balaban J connectivity index is 2.91. The van der Waals surface area contributed by atoms with Crippen LogP contribution in [0.2, 0.25) is 0 Å². The molecular formula is C16H25F. The molecule has 1 rings (SSSR count). The molecular weight excluding hydrogens is 211 g/mol. The summed E-state index contributed by atoms with van der Waals surface area (Å²) in [4.78, 5) is 0. The van der Waals surface area contributed by atoms with Gasteiger partial charge in [0.25, 0.3) is 0 Å². The van der Waals surface area contributed by atoms with Gasteiger partial charge in [-0.15, -0.1) is 0 Å². The Morgan fingerprint density at radius 1 is 1.00 bits per heavy atom. The number of benzene rings is 1. The first-order chi connectivity index (χ1) is 8.21. The van der Waals surface area contributed by atoms with Gasteiger partial charge in [0.1, 0.15) is 0 Å². The molecule has 17 heavy (non-hydrogen) atoms. The van der Waals surface area contributed by atoms with Crippen LogP contribution in [-0.4, -0.2) is 6.67 Å². The molecule has 1 unspecified atom stereocenters. The van der Waals surface area contributed by atoms with Crippen molar-refractivity contribution in [3.63, 3.8) is 0 Å². The summed E-state index contributed by atoms with van der Waals surface area (Å²) in [6.45, 7) is 6.11. The lowest BCUT2D eigenvalue weighted by molar-refractivity contribution is 0.447. The van der Waals surface area contributed by atoms with Crippen molar-refractivity contribution in [1.82, 2.24) is 0 Å². The van der Waals surface area contributed by atoms with Gasteiger partial charge in [-0.05, 0) is 36.0 Å². The highest BCUT2D eigenvalue weighted by atomic mass is 19.1. The maximum atomic E-state index is 12.8. The highest BCUT2D eigenvalue weighted by Gasteiger charge is 2.08. The Morgan fingerprint density at radius 3 is 2.18 bits per heavy atom. The maximum absolute atomic E-state index is 12.8. The van der Waals surface area contributed by atoms with Crippen molar-refractivity contribution >= 4 is 0 Å². The van der Waals surface area contributed by atoms with Gasteiger partial charge in [-0.25, -0.2) is 0 Å². The fourth-order valence-electron chi connectivity index (χ4n) is 2.12. The van der Waals surface area contributed by atoms with Crippen molar-refractivity contribution in [2.45, 2.75) is 58.8 Å². The van der Waals surface area contributed by atoms with Crippen LogP contribution in [0.25, 0.3) is 0 Å². The van der Waals surface area contributed by atoms with E-state index in [1.807, 2.05) is 6.92 Å². The highest BCUT2D eigenvalue weighted by molar-refractivity contribution is 5.32. The van der Waals surface area contributed by atoms with Crippen LogP contribution in [-0.2, 0) is 12.8 Å². The van der Waals surface area contributed by atoms with Crippen LogP contribution in [0.15, 0.2) is 18.2 Å². The van der Waals surface area contributed by atoms with Crippen LogP contribution in [0.5, 0.6) is 0 Å². The summed E-state index contributed by atoms with van der Waals surface area (Å²) in [5.41, 5.74) is 3.93. The zero-order valence-electron chi connectivity index (χ0n) is 11.4. The quantitative estimate of drug-likeness (QED) is 0.621. The van der Waals surface area contributed by atoms with Crippen molar-refractivity contribution in [3.05, 3.63) is 34.9 Å². The normalized spacial score (nSPS) is 12.7. The van der Waals surface area contributed by atoms with E-state index in [9.17, 15) is 4.39 Å². The number of rotatable bonds is 7. The molecule has 1 heteroatoms. The number of hydrogen-bond acceptors (Lipinski definition) is 0. The van der Waals surface area contributed by atoms with Crippen LogP contribution in [0, 0.1) is 0 Å². The number of halogens is 1. The molecule has 0 saturated carbocycles. The predicted molar refractivity (Wildman–Crippen MR) is 73.4 cm³/mol. The summed E-state index contributed by atoms with van der Waals surface area (Å²) in [5.74, 6) is 0.0344. The van der Waals surface area contributed by atoms with E-state index in [0.29, 0.717) is 0 Å². The van der Waals surface area contributed by atoms with Gasteiger partial charge in [0.05, 0.1) is 6.67 Å². The van der Waals surface area contributed by atoms with Gasteiger partial charge in [0, 0.05) is 5.92 Å². The van der Waals surface area contributed by atoms with E-state index < -0.39 is 0 Å². The first kappa shape index (κ1) is 14.2. The summed E-state index contributed by atoms with van der Waals surface area (Å²) in [5, 5.41) is 0. The fourth-order valence-corrected chi connectivity index (χ4v) is 2.12. The Hall–Kier alpha value is -0.850. The smallest absolute Gasteiger partial charge is 0.0960 e. The summed E-state index contributed by atoms with van der Waals surface area (Å²) in [7, 11) is 0. The molecule has 0 saturated heterocycles. The van der Waals surface area contributed by atoms with Gasteiger partial charge >= 0.3 is 0 Å². The second-order valence-corrected chi connectivity index (χ2v) is 4.99. The fraction of sp³-hybridized carbons (Fsp3) is 0.625. The van der Waals surface area contributed by atoms with Crippen molar-refractivity contribution in [3.8, 4) is 0 Å². The van der Waals surface area contributed by atoms with Gasteiger partial charge in [0.15, 0.2) is 0 Å². The van der Waals surface area contributed by atoms with Crippen LogP contribution in [0.4, 0.5) is 4.39 Å². The van der Waals surface area contributed by atoms with Crippen molar-refractivity contribution < 1.29 is 4.39 Å². The molecule has 0 aliphatic rings. The predicted octanol–water partition coefficient (Wildman–Crippen LogP) is 5.05. The van der Waals surface area contributed by atoms with Crippen molar-refractivity contribution in [2.75, 3.05) is 6.67 Å². The molecule has 0 aliphatic carbocycles. The highest BCUT2D eigenvalue weighted by Crippen LogP contribution is 2.21. The van der Waals surface area contributed by atoms with Crippen LogP contribution in [0.3, 0.4) is 0 Å². The molecule has 1 aromatic rings. The van der Waals surface area contributed by atoms with Gasteiger partial charge < -0.3 is 0 Å². The summed E-state index contributed by atoms with van der Waals surface area (Å²) in [6.07, 6.45) is 5.82. The topological polar surface area (TPSA) is 0 Å². The zero-order chi connectivity index (χ0) is 12.7. The Bertz CT molecular complexity index is 330. The van der Waals surface area contributed by atoms with Gasteiger partial charge in [0.2, 0.25) is 0 Å². The molecule has 0 radical (unpaired) electrons. The van der Waals surface area contributed by atoms with E-state index in [0.717, 1.165) is 19.3 Å². The largest absolute Gasteiger partial charge is 0.250 e. The van der Waals surface area contributed by atoms with Crippen LogP contribution in [0.1, 0.15) is 62.6 Å². The third-order valence-electron chi connectivity index (χ3n) is 3.23. The minimum Gasteiger partial charge on any atom is -0.250 e. The lowest BCUT2D eigenvalue weighted by Gasteiger charge is -2.12.